The number of benzene rings is 3. The van der Waals surface area contributed by atoms with Crippen LogP contribution < -0.4 is 19.5 Å². The molecule has 0 aliphatic heterocycles. The van der Waals surface area contributed by atoms with Gasteiger partial charge in [0, 0.05) is 29.7 Å². The number of hydrogen-bond acceptors (Lipinski definition) is 6. The first-order valence-corrected chi connectivity index (χ1v) is 10.8. The molecular weight excluding hydrogens is 450 g/mol. The van der Waals surface area contributed by atoms with Crippen molar-refractivity contribution in [3.8, 4) is 34.4 Å². The van der Waals surface area contributed by atoms with E-state index >= 15 is 0 Å². The van der Waals surface area contributed by atoms with Gasteiger partial charge in [0.1, 0.15) is 18.4 Å². The van der Waals surface area contributed by atoms with Gasteiger partial charge in [-0.3, -0.25) is 4.98 Å². The van der Waals surface area contributed by atoms with E-state index in [1.54, 1.807) is 26.5 Å². The Balaban J connectivity index is 1.67. The van der Waals surface area contributed by atoms with Crippen molar-refractivity contribution in [3.05, 3.63) is 95.3 Å². The second kappa shape index (κ2) is 10.6. The van der Waals surface area contributed by atoms with Gasteiger partial charge in [-0.25, -0.2) is 0 Å². The quantitative estimate of drug-likeness (QED) is 0.311. The third kappa shape index (κ3) is 5.06. The highest BCUT2D eigenvalue weighted by molar-refractivity contribution is 6.32. The second-order valence-corrected chi connectivity index (χ2v) is 7.74. The lowest BCUT2D eigenvalue weighted by Crippen LogP contribution is -2.00. The molecule has 34 heavy (non-hydrogen) atoms. The topological polar surface area (TPSA) is 76.4 Å². The molecule has 0 radical (unpaired) electrons. The fourth-order valence-electron chi connectivity index (χ4n) is 3.47. The summed E-state index contributed by atoms with van der Waals surface area (Å²) in [6.45, 7) is 0.389. The summed E-state index contributed by atoms with van der Waals surface area (Å²) in [5.41, 5.74) is 4.32. The number of methoxy groups -OCH3 is 2. The van der Waals surface area contributed by atoms with Gasteiger partial charge < -0.3 is 19.5 Å². The van der Waals surface area contributed by atoms with Crippen molar-refractivity contribution in [1.82, 2.24) is 4.98 Å². The fraction of sp³-hybridized carbons (Fsp3) is 0.111. The van der Waals surface area contributed by atoms with E-state index in [1.165, 1.54) is 6.20 Å². The number of halogens is 1. The van der Waals surface area contributed by atoms with E-state index in [1.807, 2.05) is 60.7 Å². The van der Waals surface area contributed by atoms with Crippen LogP contribution in [0.5, 0.6) is 17.2 Å². The lowest BCUT2D eigenvalue weighted by molar-refractivity contribution is 0.306. The van der Waals surface area contributed by atoms with Gasteiger partial charge in [0.05, 0.1) is 30.5 Å². The van der Waals surface area contributed by atoms with Gasteiger partial charge in [-0.1, -0.05) is 48.0 Å². The highest BCUT2D eigenvalue weighted by atomic mass is 35.5. The molecule has 170 valence electrons. The largest absolute Gasteiger partial charge is 0.493 e. The molecule has 4 rings (SSSR count). The molecule has 0 aliphatic rings. The minimum atomic E-state index is 0.389. The first-order chi connectivity index (χ1) is 16.6. The smallest absolute Gasteiger partial charge is 0.161 e. The normalized spacial score (nSPS) is 10.3. The number of pyridine rings is 1. The number of nitrogens with zero attached hydrogens (tertiary/aromatic N) is 2. The van der Waals surface area contributed by atoms with Crippen LogP contribution in [0.25, 0.3) is 11.1 Å². The Morgan fingerprint density at radius 3 is 2.44 bits per heavy atom. The molecule has 7 heteroatoms. The standard InChI is InChI=1S/C27H22ClN3O3/c1-32-24-11-8-19(12-26(24)33-2)22-16-30-15-20(14-29)27(22)31-21-9-10-23(28)25(13-21)34-17-18-6-4-3-5-7-18/h3-13,15-16H,17H2,1-2H3,(H,30,31). The van der Waals surface area contributed by atoms with Gasteiger partial charge in [-0.05, 0) is 35.4 Å². The van der Waals surface area contributed by atoms with Crippen LogP contribution in [-0.4, -0.2) is 19.2 Å². The van der Waals surface area contributed by atoms with Crippen molar-refractivity contribution < 1.29 is 14.2 Å². The zero-order valence-electron chi connectivity index (χ0n) is 18.7. The number of aromatic nitrogens is 1. The molecule has 1 aromatic heterocycles. The molecule has 0 atom stereocenters. The maximum atomic E-state index is 9.74. The van der Waals surface area contributed by atoms with Crippen LogP contribution in [0, 0.1) is 11.3 Å². The highest BCUT2D eigenvalue weighted by Crippen LogP contribution is 2.38. The third-order valence-corrected chi connectivity index (χ3v) is 5.51. The summed E-state index contributed by atoms with van der Waals surface area (Å²) in [5.74, 6) is 1.73. The van der Waals surface area contributed by atoms with Gasteiger partial charge in [0.2, 0.25) is 0 Å². The summed E-state index contributed by atoms with van der Waals surface area (Å²) in [7, 11) is 3.16. The molecule has 1 heterocycles. The van der Waals surface area contributed by atoms with Gasteiger partial charge in [0.25, 0.3) is 0 Å². The Morgan fingerprint density at radius 1 is 0.912 bits per heavy atom. The SMILES string of the molecule is COc1ccc(-c2cncc(C#N)c2Nc2ccc(Cl)c(OCc3ccccc3)c2)cc1OC. The van der Waals surface area contributed by atoms with Crippen LogP contribution in [0.3, 0.4) is 0 Å². The lowest BCUT2D eigenvalue weighted by atomic mass is 10.0. The van der Waals surface area contributed by atoms with Crippen molar-refractivity contribution >= 4 is 23.0 Å². The molecule has 0 saturated carbocycles. The fourth-order valence-corrected chi connectivity index (χ4v) is 3.65. The summed E-state index contributed by atoms with van der Waals surface area (Å²) in [4.78, 5) is 4.25. The third-order valence-electron chi connectivity index (χ3n) is 5.20. The Morgan fingerprint density at radius 2 is 1.71 bits per heavy atom. The Kier molecular flexibility index (Phi) is 7.16. The van der Waals surface area contributed by atoms with Gasteiger partial charge in [-0.2, -0.15) is 5.26 Å². The number of nitrogens with one attached hydrogen (secondary N) is 1. The monoisotopic (exact) mass is 471 g/mol. The number of anilines is 2. The Hall–Kier alpha value is -4.21. The van der Waals surface area contributed by atoms with Gasteiger partial charge in [0.15, 0.2) is 11.5 Å². The number of rotatable bonds is 8. The van der Waals surface area contributed by atoms with Gasteiger partial charge in [-0.15, -0.1) is 0 Å². The molecular formula is C27H22ClN3O3. The molecule has 4 aromatic rings. The zero-order valence-corrected chi connectivity index (χ0v) is 19.5. The minimum absolute atomic E-state index is 0.389. The molecule has 0 spiro atoms. The predicted molar refractivity (Wildman–Crippen MR) is 133 cm³/mol. The summed E-state index contributed by atoms with van der Waals surface area (Å²) in [5, 5.41) is 13.6. The Labute approximate surface area is 203 Å². The van der Waals surface area contributed by atoms with Crippen molar-refractivity contribution in [3.63, 3.8) is 0 Å². The van der Waals surface area contributed by atoms with Crippen LogP contribution >= 0.6 is 11.6 Å². The summed E-state index contributed by atoms with van der Waals surface area (Å²) in [6, 6.07) is 23.0. The molecule has 0 bridgehead atoms. The summed E-state index contributed by atoms with van der Waals surface area (Å²) < 4.78 is 16.7. The number of ether oxygens (including phenoxy) is 3. The van der Waals surface area contributed by atoms with Crippen molar-refractivity contribution in [2.24, 2.45) is 0 Å². The van der Waals surface area contributed by atoms with Crippen LogP contribution in [0.2, 0.25) is 5.02 Å². The second-order valence-electron chi connectivity index (χ2n) is 7.34. The average molecular weight is 472 g/mol. The molecule has 0 amide bonds. The van der Waals surface area contributed by atoms with E-state index < -0.39 is 0 Å². The molecule has 6 nitrogen and oxygen atoms in total. The predicted octanol–water partition coefficient (Wildman–Crippen LogP) is 6.61. The van der Waals surface area contributed by atoms with Crippen molar-refractivity contribution in [1.29, 1.82) is 5.26 Å². The molecule has 0 unspecified atom stereocenters. The van der Waals surface area contributed by atoms with E-state index in [2.05, 4.69) is 16.4 Å². The number of nitriles is 1. The Bertz CT molecular complexity index is 1340. The van der Waals surface area contributed by atoms with Crippen molar-refractivity contribution in [2.45, 2.75) is 6.61 Å². The van der Waals surface area contributed by atoms with E-state index in [-0.39, 0.29) is 0 Å². The van der Waals surface area contributed by atoms with Crippen LogP contribution in [0.1, 0.15) is 11.1 Å². The molecule has 0 saturated heterocycles. The molecule has 3 aromatic carbocycles. The highest BCUT2D eigenvalue weighted by Gasteiger charge is 2.15. The first-order valence-electron chi connectivity index (χ1n) is 10.5. The summed E-state index contributed by atoms with van der Waals surface area (Å²) >= 11 is 6.37. The van der Waals surface area contributed by atoms with Crippen LogP contribution in [0.15, 0.2) is 79.1 Å². The first kappa shape index (κ1) is 23.0. The van der Waals surface area contributed by atoms with E-state index in [9.17, 15) is 5.26 Å². The molecule has 1 N–H and O–H groups in total. The maximum Gasteiger partial charge on any atom is 0.161 e. The summed E-state index contributed by atoms with van der Waals surface area (Å²) in [6.07, 6.45) is 3.22. The van der Waals surface area contributed by atoms with Crippen molar-refractivity contribution in [2.75, 3.05) is 19.5 Å². The molecule has 0 fully saturated rings. The van der Waals surface area contributed by atoms with E-state index in [0.717, 1.165) is 22.4 Å². The van der Waals surface area contributed by atoms with E-state index in [4.69, 9.17) is 25.8 Å². The minimum Gasteiger partial charge on any atom is -0.493 e. The number of hydrogen-bond donors (Lipinski definition) is 1. The molecule has 0 aliphatic carbocycles. The maximum absolute atomic E-state index is 9.74. The average Bonchev–Trinajstić information content (AvgIpc) is 2.89. The zero-order chi connectivity index (χ0) is 23.9. The van der Waals surface area contributed by atoms with Gasteiger partial charge >= 0.3 is 0 Å². The lowest BCUT2D eigenvalue weighted by Gasteiger charge is -2.16. The van der Waals surface area contributed by atoms with Crippen LogP contribution in [-0.2, 0) is 6.61 Å². The van der Waals surface area contributed by atoms with Crippen LogP contribution in [0.4, 0.5) is 11.4 Å². The van der Waals surface area contributed by atoms with E-state index in [0.29, 0.717) is 40.1 Å².